The molecular weight excluding hydrogens is 282 g/mol. The summed E-state index contributed by atoms with van der Waals surface area (Å²) in [6, 6.07) is 5.39. The molecule has 0 saturated carbocycles. The third kappa shape index (κ3) is 2.28. The van der Waals surface area contributed by atoms with E-state index in [1.807, 2.05) is 6.07 Å². The van der Waals surface area contributed by atoms with Crippen LogP contribution in [0.5, 0.6) is 0 Å². The van der Waals surface area contributed by atoms with Gasteiger partial charge in [-0.15, -0.1) is 10.2 Å². The lowest BCUT2D eigenvalue weighted by Gasteiger charge is -2.28. The Bertz CT molecular complexity index is 781. The van der Waals surface area contributed by atoms with Crippen molar-refractivity contribution < 1.29 is 9.90 Å². The number of azo groups is 1. The summed E-state index contributed by atoms with van der Waals surface area (Å²) in [4.78, 5) is 23.0. The number of carbonyl (C=O) groups is 1. The van der Waals surface area contributed by atoms with Crippen molar-refractivity contribution in [2.75, 3.05) is 13.1 Å². The summed E-state index contributed by atoms with van der Waals surface area (Å²) in [6.45, 7) is 2.28. The molecule has 2 aliphatic heterocycles. The van der Waals surface area contributed by atoms with E-state index >= 15 is 0 Å². The molecule has 1 amide bonds. The van der Waals surface area contributed by atoms with Crippen LogP contribution in [-0.4, -0.2) is 45.1 Å². The molecule has 2 aliphatic rings. The Balaban J connectivity index is 1.69. The molecule has 3 heterocycles. The number of aliphatic hydroxyl groups is 1. The second-order valence-electron chi connectivity index (χ2n) is 5.68. The normalized spacial score (nSPS) is 19.0. The van der Waals surface area contributed by atoms with E-state index < -0.39 is 0 Å². The standard InChI is InChI=1S/C15H15N5O2/c21-9-4-6-20(7-5-9)8-12-16-11-3-1-2-10-13(11)14(17-12)18-19-15(10)22/h1-3,9,21H,4-8H2. The van der Waals surface area contributed by atoms with Gasteiger partial charge < -0.3 is 5.11 Å². The van der Waals surface area contributed by atoms with Crippen LogP contribution < -0.4 is 0 Å². The van der Waals surface area contributed by atoms with E-state index in [-0.39, 0.29) is 12.0 Å². The molecule has 1 aromatic carbocycles. The zero-order chi connectivity index (χ0) is 15.1. The smallest absolute Gasteiger partial charge is 0.296 e. The number of hydrogen-bond donors (Lipinski definition) is 1. The lowest BCUT2D eigenvalue weighted by molar-refractivity contribution is 0.0781. The lowest BCUT2D eigenvalue weighted by atomic mass is 10.1. The first-order valence-corrected chi connectivity index (χ1v) is 7.37. The number of amides is 1. The fraction of sp³-hybridized carbons (Fsp3) is 0.400. The summed E-state index contributed by atoms with van der Waals surface area (Å²) in [5, 5.41) is 17.8. The summed E-state index contributed by atoms with van der Waals surface area (Å²) in [5.41, 5.74) is 1.23. The molecule has 0 atom stereocenters. The maximum atomic E-state index is 11.8. The van der Waals surface area contributed by atoms with Crippen LogP contribution in [0.3, 0.4) is 0 Å². The number of carbonyl (C=O) groups excluding carboxylic acids is 1. The second kappa shape index (κ2) is 5.19. The predicted molar refractivity (Wildman–Crippen MR) is 78.9 cm³/mol. The summed E-state index contributed by atoms with van der Waals surface area (Å²) >= 11 is 0. The minimum atomic E-state index is -0.348. The van der Waals surface area contributed by atoms with Gasteiger partial charge in [0.2, 0.25) is 0 Å². The van der Waals surface area contributed by atoms with Crippen LogP contribution in [0.25, 0.3) is 10.9 Å². The lowest BCUT2D eigenvalue weighted by Crippen LogP contribution is -2.35. The SMILES string of the molecule is O=C1N=Nc2nc(CN3CCC(O)CC3)nc3cccc1c23. The first kappa shape index (κ1) is 13.4. The van der Waals surface area contributed by atoms with Crippen LogP contribution in [0, 0.1) is 0 Å². The number of benzene rings is 1. The molecule has 7 nitrogen and oxygen atoms in total. The van der Waals surface area contributed by atoms with Gasteiger partial charge in [0.15, 0.2) is 5.82 Å². The van der Waals surface area contributed by atoms with Crippen LogP contribution in [0.4, 0.5) is 5.82 Å². The molecule has 0 unspecified atom stereocenters. The largest absolute Gasteiger partial charge is 0.393 e. The molecule has 0 radical (unpaired) electrons. The Hall–Kier alpha value is -2.25. The van der Waals surface area contributed by atoms with Crippen molar-refractivity contribution in [3.05, 3.63) is 29.6 Å². The molecule has 112 valence electrons. The van der Waals surface area contributed by atoms with Crippen molar-refractivity contribution in [1.82, 2.24) is 14.9 Å². The van der Waals surface area contributed by atoms with Crippen LogP contribution in [0.15, 0.2) is 28.4 Å². The number of piperidine rings is 1. The molecule has 22 heavy (non-hydrogen) atoms. The van der Waals surface area contributed by atoms with Crippen molar-refractivity contribution in [3.8, 4) is 0 Å². The monoisotopic (exact) mass is 297 g/mol. The van der Waals surface area contributed by atoms with Gasteiger partial charge in [0.25, 0.3) is 5.91 Å². The number of aliphatic hydroxyl groups excluding tert-OH is 1. The van der Waals surface area contributed by atoms with Crippen LogP contribution in [0.2, 0.25) is 0 Å². The van der Waals surface area contributed by atoms with Gasteiger partial charge in [0.05, 0.1) is 29.1 Å². The van der Waals surface area contributed by atoms with Gasteiger partial charge in [0, 0.05) is 13.1 Å². The minimum absolute atomic E-state index is 0.197. The van der Waals surface area contributed by atoms with E-state index in [0.29, 0.717) is 29.1 Å². The third-order valence-electron chi connectivity index (χ3n) is 4.14. The Labute approximate surface area is 126 Å². The van der Waals surface area contributed by atoms with E-state index in [2.05, 4.69) is 25.1 Å². The Morgan fingerprint density at radius 3 is 2.82 bits per heavy atom. The molecule has 2 aromatic rings. The van der Waals surface area contributed by atoms with Crippen molar-refractivity contribution in [3.63, 3.8) is 0 Å². The van der Waals surface area contributed by atoms with E-state index in [4.69, 9.17) is 0 Å². The number of aromatic nitrogens is 2. The predicted octanol–water partition coefficient (Wildman–Crippen LogP) is 1.82. The van der Waals surface area contributed by atoms with E-state index in [9.17, 15) is 9.90 Å². The molecule has 0 aliphatic carbocycles. The van der Waals surface area contributed by atoms with Crippen LogP contribution in [-0.2, 0) is 6.54 Å². The van der Waals surface area contributed by atoms with Crippen molar-refractivity contribution >= 4 is 22.6 Å². The van der Waals surface area contributed by atoms with Crippen LogP contribution >= 0.6 is 0 Å². The highest BCUT2D eigenvalue weighted by molar-refractivity contribution is 6.11. The summed E-state index contributed by atoms with van der Waals surface area (Å²) < 4.78 is 0. The first-order valence-electron chi connectivity index (χ1n) is 7.37. The Morgan fingerprint density at radius 1 is 1.18 bits per heavy atom. The number of rotatable bonds is 2. The highest BCUT2D eigenvalue weighted by atomic mass is 16.3. The van der Waals surface area contributed by atoms with Gasteiger partial charge in [-0.2, -0.15) is 0 Å². The summed E-state index contributed by atoms with van der Waals surface area (Å²) in [6.07, 6.45) is 1.36. The van der Waals surface area contributed by atoms with E-state index in [0.717, 1.165) is 31.4 Å². The van der Waals surface area contributed by atoms with Gasteiger partial charge in [-0.3, -0.25) is 9.69 Å². The second-order valence-corrected chi connectivity index (χ2v) is 5.68. The van der Waals surface area contributed by atoms with Gasteiger partial charge in [-0.05, 0) is 25.0 Å². The average Bonchev–Trinajstić information content (AvgIpc) is 2.53. The Kier molecular flexibility index (Phi) is 3.16. The Morgan fingerprint density at radius 2 is 2.00 bits per heavy atom. The topological polar surface area (TPSA) is 91.0 Å². The highest BCUT2D eigenvalue weighted by Crippen LogP contribution is 2.31. The molecule has 7 heteroatoms. The zero-order valence-electron chi connectivity index (χ0n) is 11.9. The molecule has 0 bridgehead atoms. The van der Waals surface area contributed by atoms with E-state index in [1.165, 1.54) is 0 Å². The number of likely N-dealkylation sites (tertiary alicyclic amines) is 1. The quantitative estimate of drug-likeness (QED) is 0.913. The van der Waals surface area contributed by atoms with Gasteiger partial charge in [-0.25, -0.2) is 9.97 Å². The summed E-state index contributed by atoms with van der Waals surface area (Å²) in [5.74, 6) is 0.788. The van der Waals surface area contributed by atoms with Gasteiger partial charge >= 0.3 is 0 Å². The maximum Gasteiger partial charge on any atom is 0.296 e. The molecule has 0 spiro atoms. The third-order valence-corrected chi connectivity index (χ3v) is 4.14. The molecule has 1 saturated heterocycles. The van der Waals surface area contributed by atoms with Crippen LogP contribution in [0.1, 0.15) is 29.0 Å². The summed E-state index contributed by atoms with van der Waals surface area (Å²) in [7, 11) is 0. The van der Waals surface area contributed by atoms with Gasteiger partial charge in [-0.1, -0.05) is 6.07 Å². The zero-order valence-corrected chi connectivity index (χ0v) is 11.9. The molecule has 1 aromatic heterocycles. The molecule has 1 fully saturated rings. The van der Waals surface area contributed by atoms with E-state index in [1.54, 1.807) is 12.1 Å². The average molecular weight is 297 g/mol. The fourth-order valence-corrected chi connectivity index (χ4v) is 2.96. The number of nitrogens with zero attached hydrogens (tertiary/aromatic N) is 5. The minimum Gasteiger partial charge on any atom is -0.393 e. The van der Waals surface area contributed by atoms with Crippen molar-refractivity contribution in [2.45, 2.75) is 25.5 Å². The first-order chi connectivity index (χ1) is 10.7. The molecule has 1 N–H and O–H groups in total. The molecular formula is C15H15N5O2. The number of hydrogen-bond acceptors (Lipinski definition) is 6. The fourth-order valence-electron chi connectivity index (χ4n) is 2.96. The maximum absolute atomic E-state index is 11.8. The highest BCUT2D eigenvalue weighted by Gasteiger charge is 2.22. The van der Waals surface area contributed by atoms with Crippen molar-refractivity contribution in [2.24, 2.45) is 10.2 Å². The van der Waals surface area contributed by atoms with Gasteiger partial charge in [0.1, 0.15) is 5.82 Å². The van der Waals surface area contributed by atoms with Crippen molar-refractivity contribution in [1.29, 1.82) is 0 Å². The molecule has 4 rings (SSSR count).